The minimum atomic E-state index is -0.636. The molecule has 0 saturated heterocycles. The van der Waals surface area contributed by atoms with E-state index in [2.05, 4.69) is 16.0 Å². The van der Waals surface area contributed by atoms with Crippen molar-refractivity contribution >= 4 is 58.5 Å². The molecule has 0 aliphatic carbocycles. The number of nitrogens with two attached hydrogens (primary N) is 1. The second-order valence-corrected chi connectivity index (χ2v) is 11.4. The molecule has 0 radical (unpaired) electrons. The number of para-hydroxylation sites is 1. The SMILES string of the molecule is CC(Sc1cccc(NC(=O)/C(=C\c2ccc(N(C)C)cc2)NC(=O)c2ccccc2)c1)C(=O)Nc1ccccc1C(N)=O. The van der Waals surface area contributed by atoms with Gasteiger partial charge in [0.1, 0.15) is 5.70 Å². The van der Waals surface area contributed by atoms with Gasteiger partial charge in [-0.1, -0.05) is 48.5 Å². The summed E-state index contributed by atoms with van der Waals surface area (Å²) >= 11 is 1.28. The molecule has 1 atom stereocenters. The van der Waals surface area contributed by atoms with E-state index in [4.69, 9.17) is 5.73 Å². The van der Waals surface area contributed by atoms with Crippen molar-refractivity contribution in [3.05, 3.63) is 126 Å². The Bertz CT molecular complexity index is 1690. The van der Waals surface area contributed by atoms with E-state index < -0.39 is 23.0 Å². The van der Waals surface area contributed by atoms with E-state index in [1.54, 1.807) is 79.7 Å². The number of rotatable bonds is 11. The number of hydrogen-bond donors (Lipinski definition) is 4. The van der Waals surface area contributed by atoms with Crippen molar-refractivity contribution < 1.29 is 19.2 Å². The van der Waals surface area contributed by atoms with E-state index in [1.165, 1.54) is 11.8 Å². The van der Waals surface area contributed by atoms with Crippen LogP contribution in [0.3, 0.4) is 0 Å². The van der Waals surface area contributed by atoms with Gasteiger partial charge in [0.2, 0.25) is 5.91 Å². The maximum Gasteiger partial charge on any atom is 0.272 e. The van der Waals surface area contributed by atoms with Crippen LogP contribution in [0.1, 0.15) is 33.2 Å². The molecule has 0 aliphatic rings. The van der Waals surface area contributed by atoms with Crippen LogP contribution in [-0.2, 0) is 9.59 Å². The Morgan fingerprint density at radius 3 is 2.18 bits per heavy atom. The van der Waals surface area contributed by atoms with E-state index in [9.17, 15) is 19.2 Å². The van der Waals surface area contributed by atoms with E-state index >= 15 is 0 Å². The number of primary amides is 1. The predicted octanol–water partition coefficient (Wildman–Crippen LogP) is 5.38. The van der Waals surface area contributed by atoms with Crippen LogP contribution in [-0.4, -0.2) is 43.0 Å². The molecule has 0 bridgehead atoms. The fourth-order valence-corrected chi connectivity index (χ4v) is 5.05. The first-order chi connectivity index (χ1) is 21.1. The highest BCUT2D eigenvalue weighted by Gasteiger charge is 2.19. The Hall–Kier alpha value is -5.35. The zero-order valence-electron chi connectivity index (χ0n) is 24.5. The lowest BCUT2D eigenvalue weighted by atomic mass is 10.1. The van der Waals surface area contributed by atoms with Gasteiger partial charge in [-0.2, -0.15) is 0 Å². The summed E-state index contributed by atoms with van der Waals surface area (Å²) in [4.78, 5) is 53.7. The molecule has 5 N–H and O–H groups in total. The molecule has 4 amide bonds. The summed E-state index contributed by atoms with van der Waals surface area (Å²) in [5.74, 6) is -1.88. The van der Waals surface area contributed by atoms with Crippen LogP contribution in [0.15, 0.2) is 114 Å². The number of amides is 4. The molecule has 4 rings (SSSR count). The number of nitrogens with zero attached hydrogens (tertiary/aromatic N) is 1. The first-order valence-electron chi connectivity index (χ1n) is 13.7. The van der Waals surface area contributed by atoms with Gasteiger partial charge in [-0.05, 0) is 73.2 Å². The summed E-state index contributed by atoms with van der Waals surface area (Å²) < 4.78 is 0. The van der Waals surface area contributed by atoms with Crippen LogP contribution in [0.4, 0.5) is 17.1 Å². The number of carbonyl (C=O) groups is 4. The van der Waals surface area contributed by atoms with Crippen LogP contribution < -0.4 is 26.6 Å². The maximum absolute atomic E-state index is 13.5. The number of benzene rings is 4. The Morgan fingerprint density at radius 1 is 0.818 bits per heavy atom. The van der Waals surface area contributed by atoms with E-state index in [-0.39, 0.29) is 17.2 Å². The molecular formula is C34H33N5O4S. The van der Waals surface area contributed by atoms with Gasteiger partial charge >= 0.3 is 0 Å². The first kappa shape index (κ1) is 31.6. The average molecular weight is 608 g/mol. The number of carbonyl (C=O) groups excluding carboxylic acids is 4. The van der Waals surface area contributed by atoms with Crippen molar-refractivity contribution in [3.63, 3.8) is 0 Å². The molecule has 9 nitrogen and oxygen atoms in total. The van der Waals surface area contributed by atoms with Crippen LogP contribution in [0.5, 0.6) is 0 Å². The third-order valence-electron chi connectivity index (χ3n) is 6.47. The quantitative estimate of drug-likeness (QED) is 0.134. The first-order valence-corrected chi connectivity index (χ1v) is 14.6. The molecule has 0 heterocycles. The van der Waals surface area contributed by atoms with Crippen molar-refractivity contribution in [2.75, 3.05) is 29.6 Å². The molecule has 224 valence electrons. The fraction of sp³-hybridized carbons (Fsp3) is 0.118. The summed E-state index contributed by atoms with van der Waals surface area (Å²) in [6.07, 6.45) is 1.62. The van der Waals surface area contributed by atoms with Crippen molar-refractivity contribution in [1.29, 1.82) is 0 Å². The smallest absolute Gasteiger partial charge is 0.272 e. The third-order valence-corrected chi connectivity index (χ3v) is 7.57. The lowest BCUT2D eigenvalue weighted by Crippen LogP contribution is -2.30. The van der Waals surface area contributed by atoms with Gasteiger partial charge in [0.25, 0.3) is 17.7 Å². The molecule has 4 aromatic carbocycles. The van der Waals surface area contributed by atoms with Gasteiger partial charge in [-0.15, -0.1) is 11.8 Å². The normalized spacial score (nSPS) is 11.7. The van der Waals surface area contributed by atoms with Crippen LogP contribution >= 0.6 is 11.8 Å². The zero-order chi connectivity index (χ0) is 31.6. The minimum Gasteiger partial charge on any atom is -0.378 e. The van der Waals surface area contributed by atoms with Crippen molar-refractivity contribution in [2.24, 2.45) is 5.73 Å². The molecular weight excluding hydrogens is 574 g/mol. The Kier molecular flexibility index (Phi) is 10.6. The summed E-state index contributed by atoms with van der Waals surface area (Å²) in [6, 6.07) is 29.8. The van der Waals surface area contributed by atoms with Gasteiger partial charge in [0.15, 0.2) is 0 Å². The highest BCUT2D eigenvalue weighted by molar-refractivity contribution is 8.00. The average Bonchev–Trinajstić information content (AvgIpc) is 3.01. The second kappa shape index (κ2) is 14.7. The minimum absolute atomic E-state index is 0.0652. The Balaban J connectivity index is 1.50. The van der Waals surface area contributed by atoms with E-state index in [0.29, 0.717) is 16.9 Å². The molecule has 0 saturated carbocycles. The second-order valence-electron chi connectivity index (χ2n) is 10.0. The maximum atomic E-state index is 13.5. The van der Waals surface area contributed by atoms with Crippen LogP contribution in [0.25, 0.3) is 6.08 Å². The predicted molar refractivity (Wildman–Crippen MR) is 177 cm³/mol. The van der Waals surface area contributed by atoms with Gasteiger partial charge < -0.3 is 26.6 Å². The largest absolute Gasteiger partial charge is 0.378 e. The van der Waals surface area contributed by atoms with E-state index in [0.717, 1.165) is 16.1 Å². The van der Waals surface area contributed by atoms with Gasteiger partial charge in [-0.25, -0.2) is 0 Å². The summed E-state index contributed by atoms with van der Waals surface area (Å²) in [7, 11) is 3.87. The van der Waals surface area contributed by atoms with Crippen molar-refractivity contribution in [2.45, 2.75) is 17.1 Å². The molecule has 1 unspecified atom stereocenters. The highest BCUT2D eigenvalue weighted by atomic mass is 32.2. The molecule has 44 heavy (non-hydrogen) atoms. The molecule has 0 spiro atoms. The monoisotopic (exact) mass is 607 g/mol. The lowest BCUT2D eigenvalue weighted by Gasteiger charge is -2.15. The van der Waals surface area contributed by atoms with E-state index in [1.807, 2.05) is 55.4 Å². The van der Waals surface area contributed by atoms with Gasteiger partial charge in [0.05, 0.1) is 16.5 Å². The fourth-order valence-electron chi connectivity index (χ4n) is 4.12. The van der Waals surface area contributed by atoms with Crippen molar-refractivity contribution in [1.82, 2.24) is 5.32 Å². The standard InChI is InChI=1S/C34H33N5O4S/c1-22(32(41)37-29-15-8-7-14-28(29)31(35)40)44-27-13-9-12-25(21-27)36-34(43)30(38-33(42)24-10-5-4-6-11-24)20-23-16-18-26(19-17-23)39(2)3/h4-22H,1-3H3,(H2,35,40)(H,36,43)(H,37,41)(H,38,42)/b30-20+. The number of anilines is 3. The summed E-state index contributed by atoms with van der Waals surface area (Å²) in [5, 5.41) is 7.82. The summed E-state index contributed by atoms with van der Waals surface area (Å²) in [6.45, 7) is 1.74. The van der Waals surface area contributed by atoms with Crippen molar-refractivity contribution in [3.8, 4) is 0 Å². The number of nitrogens with one attached hydrogen (secondary N) is 3. The Labute approximate surface area is 260 Å². The summed E-state index contributed by atoms with van der Waals surface area (Å²) in [5.41, 5.74) is 8.68. The molecule has 0 aromatic heterocycles. The highest BCUT2D eigenvalue weighted by Crippen LogP contribution is 2.27. The number of hydrogen-bond acceptors (Lipinski definition) is 6. The Morgan fingerprint density at radius 2 is 1.50 bits per heavy atom. The number of thioether (sulfide) groups is 1. The van der Waals surface area contributed by atoms with Gasteiger partial charge in [0, 0.05) is 35.9 Å². The van der Waals surface area contributed by atoms with Crippen LogP contribution in [0.2, 0.25) is 0 Å². The lowest BCUT2D eigenvalue weighted by molar-refractivity contribution is -0.115. The third kappa shape index (κ3) is 8.59. The molecule has 0 fully saturated rings. The molecule has 0 aliphatic heterocycles. The topological polar surface area (TPSA) is 134 Å². The molecule has 10 heteroatoms. The van der Waals surface area contributed by atoms with Gasteiger partial charge in [-0.3, -0.25) is 19.2 Å². The van der Waals surface area contributed by atoms with Crippen LogP contribution in [0, 0.1) is 0 Å². The zero-order valence-corrected chi connectivity index (χ0v) is 25.4. The molecule has 4 aromatic rings.